The van der Waals surface area contributed by atoms with Gasteiger partial charge >= 0.3 is 6.03 Å². The van der Waals surface area contributed by atoms with Crippen molar-refractivity contribution in [2.24, 2.45) is 11.7 Å². The van der Waals surface area contributed by atoms with E-state index < -0.39 is 11.4 Å². The number of amides is 4. The molecule has 0 bridgehead atoms. The molecule has 2 saturated heterocycles. The number of likely N-dealkylation sites (tertiary alicyclic amines) is 1. The second-order valence-electron chi connectivity index (χ2n) is 9.37. The van der Waals surface area contributed by atoms with Gasteiger partial charge < -0.3 is 10.6 Å². The van der Waals surface area contributed by atoms with Crippen LogP contribution in [0.25, 0.3) is 0 Å². The van der Waals surface area contributed by atoms with E-state index in [0.717, 1.165) is 37.3 Å². The zero-order valence-corrected chi connectivity index (χ0v) is 18.0. The summed E-state index contributed by atoms with van der Waals surface area (Å²) in [6.45, 7) is 5.97. The van der Waals surface area contributed by atoms with Crippen molar-refractivity contribution >= 4 is 17.8 Å². The summed E-state index contributed by atoms with van der Waals surface area (Å²) in [4.78, 5) is 43.1. The summed E-state index contributed by atoms with van der Waals surface area (Å²) >= 11 is 0. The van der Waals surface area contributed by atoms with Crippen molar-refractivity contribution in [1.29, 1.82) is 0 Å². The van der Waals surface area contributed by atoms with Gasteiger partial charge in [-0.05, 0) is 49.1 Å². The molecule has 0 radical (unpaired) electrons. The lowest BCUT2D eigenvalue weighted by atomic mass is 9.84. The number of hydrogen-bond donors (Lipinski definition) is 1. The second kappa shape index (κ2) is 8.02. The van der Waals surface area contributed by atoms with Gasteiger partial charge in [0.1, 0.15) is 12.1 Å². The van der Waals surface area contributed by atoms with Crippen molar-refractivity contribution in [2.75, 3.05) is 26.2 Å². The summed E-state index contributed by atoms with van der Waals surface area (Å²) in [5.74, 6) is -0.477. The number of carbonyl (C=O) groups excluding carboxylic acids is 3. The summed E-state index contributed by atoms with van der Waals surface area (Å²) in [6, 6.07) is 8.69. The lowest BCUT2D eigenvalue weighted by Crippen LogP contribution is -2.58. The summed E-state index contributed by atoms with van der Waals surface area (Å²) in [6.07, 6.45) is 4.13. The highest BCUT2D eigenvalue weighted by atomic mass is 16.2. The van der Waals surface area contributed by atoms with Gasteiger partial charge in [-0.25, -0.2) is 4.79 Å². The molecule has 30 heavy (non-hydrogen) atoms. The van der Waals surface area contributed by atoms with E-state index in [2.05, 4.69) is 43.0 Å². The van der Waals surface area contributed by atoms with E-state index in [0.29, 0.717) is 31.3 Å². The summed E-state index contributed by atoms with van der Waals surface area (Å²) < 4.78 is 0. The Morgan fingerprint density at radius 2 is 1.73 bits per heavy atom. The molecule has 7 heteroatoms. The third-order valence-corrected chi connectivity index (χ3v) is 7.04. The molecule has 2 N–H and O–H groups in total. The maximum absolute atomic E-state index is 13.3. The van der Waals surface area contributed by atoms with Crippen LogP contribution in [0.4, 0.5) is 4.79 Å². The van der Waals surface area contributed by atoms with Crippen molar-refractivity contribution < 1.29 is 14.4 Å². The van der Waals surface area contributed by atoms with Crippen LogP contribution in [0.1, 0.15) is 44.2 Å². The largest absolute Gasteiger partial charge is 0.368 e. The first kappa shape index (κ1) is 20.8. The Morgan fingerprint density at radius 3 is 2.27 bits per heavy atom. The van der Waals surface area contributed by atoms with Gasteiger partial charge in [-0.15, -0.1) is 0 Å². The van der Waals surface area contributed by atoms with Gasteiger partial charge in [0.05, 0.1) is 0 Å². The van der Waals surface area contributed by atoms with Crippen LogP contribution < -0.4 is 5.73 Å². The molecule has 162 valence electrons. The molecule has 0 saturated carbocycles. The van der Waals surface area contributed by atoms with Crippen molar-refractivity contribution in [2.45, 2.75) is 57.5 Å². The third-order valence-electron chi connectivity index (χ3n) is 7.04. The molecule has 0 aromatic heterocycles. The number of piperidine rings is 1. The number of benzene rings is 1. The zero-order valence-electron chi connectivity index (χ0n) is 18.0. The van der Waals surface area contributed by atoms with E-state index in [4.69, 9.17) is 5.73 Å². The minimum Gasteiger partial charge on any atom is -0.368 e. The molecule has 4 amide bonds. The zero-order chi connectivity index (χ0) is 21.5. The van der Waals surface area contributed by atoms with Crippen molar-refractivity contribution in [3.8, 4) is 0 Å². The fraction of sp³-hybridized carbons (Fsp3) is 0.609. The first-order valence-corrected chi connectivity index (χ1v) is 11.0. The van der Waals surface area contributed by atoms with Crippen LogP contribution >= 0.6 is 0 Å². The average molecular weight is 413 g/mol. The Kier molecular flexibility index (Phi) is 5.57. The lowest BCUT2D eigenvalue weighted by Gasteiger charge is -2.44. The smallest absolute Gasteiger partial charge is 0.328 e. The van der Waals surface area contributed by atoms with E-state index in [1.165, 1.54) is 11.1 Å². The Bertz CT molecular complexity index is 820. The molecule has 3 aliphatic rings. The molecule has 4 rings (SSSR count). The normalized spacial score (nSPS) is 21.8. The molecule has 0 atom stereocenters. The average Bonchev–Trinajstić information content (AvgIpc) is 3.22. The highest BCUT2D eigenvalue weighted by Gasteiger charge is 2.58. The van der Waals surface area contributed by atoms with Gasteiger partial charge in [-0.1, -0.05) is 38.1 Å². The first-order valence-electron chi connectivity index (χ1n) is 11.0. The molecular formula is C23H32N4O3. The quantitative estimate of drug-likeness (QED) is 0.722. The lowest BCUT2D eigenvalue weighted by molar-refractivity contribution is -0.138. The van der Waals surface area contributed by atoms with Crippen LogP contribution in [0.3, 0.4) is 0 Å². The molecule has 2 heterocycles. The molecule has 0 unspecified atom stereocenters. The molecular weight excluding hydrogens is 380 g/mol. The van der Waals surface area contributed by atoms with Crippen LogP contribution in [0, 0.1) is 5.92 Å². The monoisotopic (exact) mass is 412 g/mol. The van der Waals surface area contributed by atoms with Gasteiger partial charge in [-0.3, -0.25) is 19.4 Å². The number of fused-ring (bicyclic) bond motifs is 1. The first-order chi connectivity index (χ1) is 14.3. The molecule has 1 aromatic carbocycles. The third kappa shape index (κ3) is 3.60. The number of carbonyl (C=O) groups is 3. The van der Waals surface area contributed by atoms with Crippen molar-refractivity contribution in [3.63, 3.8) is 0 Å². The molecule has 1 aliphatic carbocycles. The SMILES string of the molecule is CC(C)CCN1C(=O)N(CC(N)=O)C(=O)C12CCN(C1Cc3ccccc3C1)CC2. The number of rotatable bonds is 6. The Labute approximate surface area is 178 Å². The van der Waals surface area contributed by atoms with Crippen LogP contribution in [-0.4, -0.2) is 70.3 Å². The van der Waals surface area contributed by atoms with E-state index in [1.807, 2.05) is 0 Å². The number of nitrogens with zero attached hydrogens (tertiary/aromatic N) is 3. The number of imide groups is 1. The fourth-order valence-electron chi connectivity index (χ4n) is 5.31. The predicted molar refractivity (Wildman–Crippen MR) is 114 cm³/mol. The van der Waals surface area contributed by atoms with Gasteiger partial charge in [0.2, 0.25) is 5.91 Å². The van der Waals surface area contributed by atoms with Crippen LogP contribution in [0.2, 0.25) is 0 Å². The number of urea groups is 1. The Hall–Kier alpha value is -2.41. The topological polar surface area (TPSA) is 87.0 Å². The Morgan fingerprint density at radius 1 is 1.13 bits per heavy atom. The van der Waals surface area contributed by atoms with Crippen LogP contribution in [0.15, 0.2) is 24.3 Å². The van der Waals surface area contributed by atoms with Crippen molar-refractivity contribution in [1.82, 2.24) is 14.7 Å². The standard InChI is InChI=1S/C23H32N4O3/c1-16(2)7-10-27-22(30)26(15-20(24)28)21(29)23(27)8-11-25(12-9-23)19-13-17-5-3-4-6-18(17)14-19/h3-6,16,19H,7-15H2,1-2H3,(H2,24,28). The van der Waals surface area contributed by atoms with Crippen LogP contribution in [-0.2, 0) is 22.4 Å². The Balaban J connectivity index is 1.49. The summed E-state index contributed by atoms with van der Waals surface area (Å²) in [5, 5.41) is 0. The molecule has 2 fully saturated rings. The number of nitrogens with two attached hydrogens (primary N) is 1. The highest BCUT2D eigenvalue weighted by Crippen LogP contribution is 2.39. The van der Waals surface area contributed by atoms with E-state index in [1.54, 1.807) is 4.90 Å². The molecule has 2 aliphatic heterocycles. The highest BCUT2D eigenvalue weighted by molar-refractivity contribution is 6.09. The van der Waals surface area contributed by atoms with E-state index in [9.17, 15) is 14.4 Å². The van der Waals surface area contributed by atoms with Crippen molar-refractivity contribution in [3.05, 3.63) is 35.4 Å². The van der Waals surface area contributed by atoms with E-state index in [-0.39, 0.29) is 18.5 Å². The van der Waals surface area contributed by atoms with Gasteiger partial charge in [-0.2, -0.15) is 0 Å². The number of primary amides is 1. The minimum atomic E-state index is -0.830. The second-order valence-corrected chi connectivity index (χ2v) is 9.37. The predicted octanol–water partition coefficient (Wildman–Crippen LogP) is 1.78. The number of hydrogen-bond acceptors (Lipinski definition) is 4. The summed E-state index contributed by atoms with van der Waals surface area (Å²) in [7, 11) is 0. The molecule has 7 nitrogen and oxygen atoms in total. The summed E-state index contributed by atoms with van der Waals surface area (Å²) in [5.41, 5.74) is 7.32. The fourth-order valence-corrected chi connectivity index (χ4v) is 5.31. The van der Waals surface area contributed by atoms with Gasteiger partial charge in [0, 0.05) is 25.7 Å². The van der Waals surface area contributed by atoms with E-state index >= 15 is 0 Å². The minimum absolute atomic E-state index is 0.246. The maximum Gasteiger partial charge on any atom is 0.328 e. The van der Waals surface area contributed by atoms with Crippen LogP contribution in [0.5, 0.6) is 0 Å². The maximum atomic E-state index is 13.3. The molecule has 1 aromatic rings. The van der Waals surface area contributed by atoms with Gasteiger partial charge in [0.25, 0.3) is 5.91 Å². The molecule has 1 spiro atoms. The van der Waals surface area contributed by atoms with Gasteiger partial charge in [0.15, 0.2) is 0 Å².